The van der Waals surface area contributed by atoms with Crippen LogP contribution >= 0.6 is 0 Å². The largest absolute Gasteiger partial charge is 0.392 e. The first-order chi connectivity index (χ1) is 20.5. The fraction of sp³-hybridized carbons (Fsp3) is 0.286. The number of likely N-dealkylation sites (N-methyl/N-ethyl adjacent to an activating group) is 1. The summed E-state index contributed by atoms with van der Waals surface area (Å²) in [5.74, 6) is 0.0736. The number of hydrogen-bond donors (Lipinski definition) is 3. The Kier molecular flexibility index (Phi) is 10.0. The molecule has 3 N–H and O–H groups in total. The van der Waals surface area contributed by atoms with E-state index in [0.717, 1.165) is 35.3 Å². The maximum atomic E-state index is 12.6. The summed E-state index contributed by atoms with van der Waals surface area (Å²) < 4.78 is 13.2. The molecule has 7 nitrogen and oxygen atoms in total. The second-order valence-electron chi connectivity index (χ2n) is 10.9. The Morgan fingerprint density at radius 1 is 0.810 bits per heavy atom. The SMILES string of the molecule is C[C@@H]1[C@H](CN(C)Cc2ccccc2)O[C@H](c2cccc(NC(=O)NCc3ccccc3)c2)O[C@@H]1c1ccc(CO)cc1. The molecule has 1 saturated heterocycles. The zero-order valence-electron chi connectivity index (χ0n) is 24.1. The predicted molar refractivity (Wildman–Crippen MR) is 164 cm³/mol. The van der Waals surface area contributed by atoms with Gasteiger partial charge in [0.25, 0.3) is 0 Å². The van der Waals surface area contributed by atoms with Gasteiger partial charge in [-0.25, -0.2) is 4.79 Å². The van der Waals surface area contributed by atoms with Gasteiger partial charge in [0.1, 0.15) is 0 Å². The van der Waals surface area contributed by atoms with Crippen LogP contribution in [0.4, 0.5) is 10.5 Å². The predicted octanol–water partition coefficient (Wildman–Crippen LogP) is 6.42. The first-order valence-electron chi connectivity index (χ1n) is 14.4. The molecule has 1 heterocycles. The molecular formula is C35H39N3O4. The van der Waals surface area contributed by atoms with Crippen molar-refractivity contribution in [1.82, 2.24) is 10.2 Å². The topological polar surface area (TPSA) is 83.1 Å². The monoisotopic (exact) mass is 565 g/mol. The van der Waals surface area contributed by atoms with Crippen molar-refractivity contribution in [2.45, 2.75) is 45.1 Å². The van der Waals surface area contributed by atoms with E-state index < -0.39 is 6.29 Å². The molecule has 0 aliphatic carbocycles. The number of carbonyl (C=O) groups is 1. The molecule has 1 aliphatic rings. The Balaban J connectivity index is 1.32. The summed E-state index contributed by atoms with van der Waals surface area (Å²) in [5.41, 5.74) is 5.66. The van der Waals surface area contributed by atoms with Crippen LogP contribution < -0.4 is 10.6 Å². The second kappa shape index (κ2) is 14.2. The number of nitrogens with zero attached hydrogens (tertiary/aromatic N) is 1. The average molecular weight is 566 g/mol. The van der Waals surface area contributed by atoms with Crippen LogP contribution in [0.3, 0.4) is 0 Å². The van der Waals surface area contributed by atoms with Gasteiger partial charge in [-0.3, -0.25) is 4.90 Å². The Hall–Kier alpha value is -4.01. The normalized spacial score (nSPS) is 20.3. The van der Waals surface area contributed by atoms with E-state index in [1.54, 1.807) is 0 Å². The summed E-state index contributed by atoms with van der Waals surface area (Å²) in [5, 5.41) is 15.4. The molecule has 4 aromatic carbocycles. The molecule has 4 atom stereocenters. The lowest BCUT2D eigenvalue weighted by molar-refractivity contribution is -0.276. The molecule has 1 fully saturated rings. The minimum atomic E-state index is -0.618. The number of nitrogens with one attached hydrogen (secondary N) is 2. The summed E-state index contributed by atoms with van der Waals surface area (Å²) in [6, 6.07) is 35.5. The van der Waals surface area contributed by atoms with Crippen LogP contribution in [0.25, 0.3) is 0 Å². The molecule has 0 bridgehead atoms. The summed E-state index contributed by atoms with van der Waals surface area (Å²) >= 11 is 0. The maximum absolute atomic E-state index is 12.6. The molecule has 0 spiro atoms. The highest BCUT2D eigenvalue weighted by Gasteiger charge is 2.38. The minimum Gasteiger partial charge on any atom is -0.392 e. The number of aliphatic hydroxyl groups is 1. The fourth-order valence-electron chi connectivity index (χ4n) is 5.31. The van der Waals surface area contributed by atoms with Gasteiger partial charge in [0.2, 0.25) is 0 Å². The van der Waals surface area contributed by atoms with E-state index >= 15 is 0 Å². The lowest BCUT2D eigenvalue weighted by Crippen LogP contribution is -2.43. The minimum absolute atomic E-state index is 0.00127. The van der Waals surface area contributed by atoms with Gasteiger partial charge < -0.3 is 25.2 Å². The third kappa shape index (κ3) is 7.84. The molecule has 2 amide bonds. The quantitative estimate of drug-likeness (QED) is 0.207. The van der Waals surface area contributed by atoms with Gasteiger partial charge in [-0.05, 0) is 41.4 Å². The molecule has 1 aliphatic heterocycles. The molecule has 42 heavy (non-hydrogen) atoms. The number of amides is 2. The van der Waals surface area contributed by atoms with Crippen molar-refractivity contribution < 1.29 is 19.4 Å². The van der Waals surface area contributed by atoms with Crippen molar-refractivity contribution in [3.8, 4) is 0 Å². The number of aliphatic hydroxyl groups excluding tert-OH is 1. The van der Waals surface area contributed by atoms with E-state index in [0.29, 0.717) is 12.2 Å². The first-order valence-corrected chi connectivity index (χ1v) is 14.4. The molecule has 5 rings (SSSR count). The van der Waals surface area contributed by atoms with E-state index in [-0.39, 0.29) is 30.8 Å². The van der Waals surface area contributed by atoms with Gasteiger partial charge >= 0.3 is 6.03 Å². The summed E-state index contributed by atoms with van der Waals surface area (Å²) in [4.78, 5) is 14.9. The number of hydrogen-bond acceptors (Lipinski definition) is 5. The standard InChI is InChI=1S/C35H39N3O4/c1-25-32(23-38(2)22-27-12-7-4-8-13-27)41-34(42-33(25)29-18-16-28(24-39)17-19-29)30-14-9-15-31(20-30)37-35(40)36-21-26-10-5-3-6-11-26/h3-20,25,32-34,39H,21-24H2,1-2H3,(H2,36,37,40)/t25-,32+,33+,34+/m1/s1. The third-order valence-electron chi connectivity index (χ3n) is 7.62. The van der Waals surface area contributed by atoms with Crippen LogP contribution in [-0.2, 0) is 29.2 Å². The van der Waals surface area contributed by atoms with Crippen molar-refractivity contribution in [2.75, 3.05) is 18.9 Å². The smallest absolute Gasteiger partial charge is 0.319 e. The van der Waals surface area contributed by atoms with Gasteiger partial charge in [0, 0.05) is 36.8 Å². The number of carbonyl (C=O) groups excluding carboxylic acids is 1. The fourth-order valence-corrected chi connectivity index (χ4v) is 5.31. The number of urea groups is 1. The zero-order valence-corrected chi connectivity index (χ0v) is 24.1. The lowest BCUT2D eigenvalue weighted by atomic mass is 9.90. The first kappa shape index (κ1) is 29.5. The van der Waals surface area contributed by atoms with Gasteiger partial charge in [-0.15, -0.1) is 0 Å². The summed E-state index contributed by atoms with van der Waals surface area (Å²) in [7, 11) is 2.11. The van der Waals surface area contributed by atoms with Crippen LogP contribution in [0.1, 0.15) is 47.1 Å². The van der Waals surface area contributed by atoms with Crippen molar-refractivity contribution >= 4 is 11.7 Å². The van der Waals surface area contributed by atoms with Crippen molar-refractivity contribution in [2.24, 2.45) is 5.92 Å². The zero-order chi connectivity index (χ0) is 29.3. The average Bonchev–Trinajstić information content (AvgIpc) is 3.02. The molecule has 0 aromatic heterocycles. The molecule has 218 valence electrons. The van der Waals surface area contributed by atoms with Crippen LogP contribution in [0.15, 0.2) is 109 Å². The second-order valence-corrected chi connectivity index (χ2v) is 10.9. The van der Waals surface area contributed by atoms with Crippen molar-refractivity contribution in [3.05, 3.63) is 137 Å². The van der Waals surface area contributed by atoms with Gasteiger partial charge in [-0.2, -0.15) is 0 Å². The molecule has 0 saturated carbocycles. The molecule has 7 heteroatoms. The Labute approximate surface area is 248 Å². The number of rotatable bonds is 10. The maximum Gasteiger partial charge on any atom is 0.319 e. The Morgan fingerprint density at radius 2 is 1.50 bits per heavy atom. The number of ether oxygens (including phenoxy) is 2. The van der Waals surface area contributed by atoms with Crippen LogP contribution in [0.2, 0.25) is 0 Å². The lowest BCUT2D eigenvalue weighted by Gasteiger charge is -2.42. The summed E-state index contributed by atoms with van der Waals surface area (Å²) in [6.07, 6.45) is -0.934. The van der Waals surface area contributed by atoms with Crippen LogP contribution in [0, 0.1) is 5.92 Å². The van der Waals surface area contributed by atoms with Gasteiger partial charge in [-0.1, -0.05) is 104 Å². The Morgan fingerprint density at radius 3 is 2.19 bits per heavy atom. The molecule has 4 aromatic rings. The number of benzene rings is 4. The van der Waals surface area contributed by atoms with E-state index in [4.69, 9.17) is 9.47 Å². The van der Waals surface area contributed by atoms with Gasteiger partial charge in [0.15, 0.2) is 6.29 Å². The van der Waals surface area contributed by atoms with E-state index in [1.807, 2.05) is 84.9 Å². The van der Waals surface area contributed by atoms with E-state index in [1.165, 1.54) is 5.56 Å². The number of anilines is 1. The Bertz CT molecular complexity index is 1420. The summed E-state index contributed by atoms with van der Waals surface area (Å²) in [6.45, 7) is 4.14. The van der Waals surface area contributed by atoms with E-state index in [9.17, 15) is 9.90 Å². The van der Waals surface area contributed by atoms with Crippen LogP contribution in [-0.4, -0.2) is 35.7 Å². The molecule has 0 radical (unpaired) electrons. The highest BCUT2D eigenvalue weighted by atomic mass is 16.7. The van der Waals surface area contributed by atoms with E-state index in [2.05, 4.69) is 53.8 Å². The molecular weight excluding hydrogens is 526 g/mol. The van der Waals surface area contributed by atoms with Gasteiger partial charge in [0.05, 0.1) is 18.8 Å². The van der Waals surface area contributed by atoms with Crippen molar-refractivity contribution in [1.29, 1.82) is 0 Å². The highest BCUT2D eigenvalue weighted by Crippen LogP contribution is 2.42. The van der Waals surface area contributed by atoms with Crippen molar-refractivity contribution in [3.63, 3.8) is 0 Å². The van der Waals surface area contributed by atoms with Crippen LogP contribution in [0.5, 0.6) is 0 Å². The third-order valence-corrected chi connectivity index (χ3v) is 7.62. The molecule has 0 unspecified atom stereocenters. The highest BCUT2D eigenvalue weighted by molar-refractivity contribution is 5.89.